The Morgan fingerprint density at radius 1 is 0.897 bits per heavy atom. The fourth-order valence-electron chi connectivity index (χ4n) is 3.50. The van der Waals surface area contributed by atoms with Crippen LogP contribution in [0.1, 0.15) is 5.56 Å². The molecule has 0 saturated carbocycles. The molecule has 39 heavy (non-hydrogen) atoms. The van der Waals surface area contributed by atoms with Gasteiger partial charge >= 0.3 is 5.97 Å². The molecule has 4 rings (SSSR count). The van der Waals surface area contributed by atoms with Gasteiger partial charge in [-0.1, -0.05) is 6.07 Å². The van der Waals surface area contributed by atoms with E-state index in [1.165, 1.54) is 31.4 Å². The molecule has 4 aromatic carbocycles. The number of nitrogen functional groups attached to an aromatic ring is 1. The zero-order chi connectivity index (χ0) is 28.5. The first-order valence-corrected chi connectivity index (χ1v) is 11.2. The van der Waals surface area contributed by atoms with Crippen molar-refractivity contribution in [3.05, 3.63) is 66.2 Å². The number of methoxy groups -OCH3 is 1. The second-order valence-electron chi connectivity index (χ2n) is 7.96. The van der Waals surface area contributed by atoms with E-state index in [0.717, 1.165) is 5.39 Å². The lowest BCUT2D eigenvalue weighted by atomic mass is 10.0. The van der Waals surface area contributed by atoms with Gasteiger partial charge in [0.2, 0.25) is 0 Å². The fraction of sp³-hybridized carbons (Fsp3) is 0.111. The highest BCUT2D eigenvalue weighted by Crippen LogP contribution is 2.43. The number of carbonyl (C=O) groups excluding carboxylic acids is 1. The lowest BCUT2D eigenvalue weighted by Gasteiger charge is -2.11. The lowest BCUT2D eigenvalue weighted by Crippen LogP contribution is -2.09. The van der Waals surface area contributed by atoms with Crippen LogP contribution in [0.4, 0.5) is 28.4 Å². The van der Waals surface area contributed by atoms with E-state index in [1.807, 2.05) is 12.9 Å². The van der Waals surface area contributed by atoms with Crippen molar-refractivity contribution in [1.29, 1.82) is 0 Å². The van der Waals surface area contributed by atoms with Gasteiger partial charge in [-0.2, -0.15) is 5.11 Å². The number of aliphatic carboxylic acids is 1. The Balaban J connectivity index is 0.00000205. The van der Waals surface area contributed by atoms with Crippen molar-refractivity contribution in [2.24, 2.45) is 20.5 Å². The van der Waals surface area contributed by atoms with Crippen LogP contribution in [0.25, 0.3) is 10.8 Å². The second-order valence-corrected chi connectivity index (χ2v) is 7.96. The van der Waals surface area contributed by atoms with Crippen LogP contribution < -0.4 is 15.2 Å². The molecule has 4 aromatic rings. The summed E-state index contributed by atoms with van der Waals surface area (Å²) in [5.74, 6) is -0.858. The summed E-state index contributed by atoms with van der Waals surface area (Å²) in [5.41, 5.74) is 8.10. The molecule has 0 spiro atoms. The summed E-state index contributed by atoms with van der Waals surface area (Å²) in [5, 5.41) is 47.4. The van der Waals surface area contributed by atoms with Gasteiger partial charge in [0.1, 0.15) is 41.1 Å². The van der Waals surface area contributed by atoms with E-state index in [1.54, 1.807) is 37.3 Å². The number of aromatic hydroxyl groups is 2. The highest BCUT2D eigenvalue weighted by Gasteiger charge is 2.15. The largest absolute Gasteiger partial charge is 0.508 e. The number of ether oxygens (including phenoxy) is 2. The van der Waals surface area contributed by atoms with Gasteiger partial charge in [-0.15, -0.1) is 15.3 Å². The predicted molar refractivity (Wildman–Crippen MR) is 144 cm³/mol. The summed E-state index contributed by atoms with van der Waals surface area (Å²) >= 11 is 0. The van der Waals surface area contributed by atoms with E-state index < -0.39 is 12.6 Å². The summed E-state index contributed by atoms with van der Waals surface area (Å²) in [7, 11) is 1.43. The third-order valence-corrected chi connectivity index (χ3v) is 5.29. The Bertz CT molecular complexity index is 1550. The van der Waals surface area contributed by atoms with E-state index in [-0.39, 0.29) is 40.1 Å². The van der Waals surface area contributed by atoms with Gasteiger partial charge in [0.05, 0.1) is 12.8 Å². The Labute approximate surface area is 222 Å². The molecule has 200 valence electrons. The molecule has 0 aliphatic rings. The third-order valence-electron chi connectivity index (χ3n) is 5.29. The number of azo groups is 2. The van der Waals surface area contributed by atoms with Gasteiger partial charge < -0.3 is 35.3 Å². The Morgan fingerprint density at radius 2 is 1.54 bits per heavy atom. The van der Waals surface area contributed by atoms with Gasteiger partial charge in [-0.3, -0.25) is 0 Å². The zero-order valence-corrected chi connectivity index (χ0v) is 21.0. The number of nitrogens with two attached hydrogens (primary N) is 1. The van der Waals surface area contributed by atoms with E-state index in [4.69, 9.17) is 25.1 Å². The summed E-state index contributed by atoms with van der Waals surface area (Å²) < 4.78 is 10.8. The number of rotatable bonds is 8. The molecule has 0 fully saturated rings. The Kier molecular flexibility index (Phi) is 9.09. The molecule has 0 bridgehead atoms. The maximum absolute atomic E-state index is 11.1. The molecule has 0 saturated heterocycles. The number of carboxylic acids is 1. The van der Waals surface area contributed by atoms with Gasteiger partial charge in [0.15, 0.2) is 12.4 Å². The minimum absolute atomic E-state index is 0.0637. The predicted octanol–water partition coefficient (Wildman–Crippen LogP) is 6.26. The number of nitrogens with zero attached hydrogens (tertiary/aromatic N) is 4. The van der Waals surface area contributed by atoms with Crippen LogP contribution in [-0.4, -0.2) is 41.8 Å². The minimum Gasteiger partial charge on any atom is -0.508 e. The van der Waals surface area contributed by atoms with Gasteiger partial charge in [-0.05, 0) is 60.3 Å². The van der Waals surface area contributed by atoms with E-state index in [9.17, 15) is 15.0 Å². The number of carbonyl (C=O) groups is 2. The maximum atomic E-state index is 11.1. The fourth-order valence-corrected chi connectivity index (χ4v) is 3.50. The summed E-state index contributed by atoms with van der Waals surface area (Å²) in [6.07, 6.45) is 0. The third kappa shape index (κ3) is 6.83. The highest BCUT2D eigenvalue weighted by molar-refractivity contribution is 5.95. The molecule has 0 aliphatic carbocycles. The van der Waals surface area contributed by atoms with E-state index in [0.29, 0.717) is 22.3 Å². The number of benzene rings is 4. The first-order chi connectivity index (χ1) is 18.7. The number of aryl methyl sites for hydroxylation is 1. The Morgan fingerprint density at radius 3 is 2.21 bits per heavy atom. The molecular formula is C27H25N5O7. The summed E-state index contributed by atoms with van der Waals surface area (Å²) in [6, 6.07) is 16.0. The molecule has 0 unspecified atom stereocenters. The molecule has 0 radical (unpaired) electrons. The Hall–Kier alpha value is -5.52. The number of hydrogen-bond donors (Lipinski definition) is 4. The molecule has 0 aromatic heterocycles. The quantitative estimate of drug-likeness (QED) is 0.151. The molecule has 0 heterocycles. The van der Waals surface area contributed by atoms with Crippen LogP contribution in [0.3, 0.4) is 0 Å². The standard InChI is InChI=1S/C26H23N5O6.CH2O/c1-14-9-15-3-4-16(27)10-19(15)26(35)25(14)31-30-21-11-22(36-2)20(12-23(21)37-13-24(33)34)29-28-17-5-7-18(32)8-6-17;1-2/h3-12,32,35H,13,27H2,1-2H3,(H,33,34);1H2. The topological polar surface area (TPSA) is 189 Å². The lowest BCUT2D eigenvalue weighted by molar-refractivity contribution is -0.139. The van der Waals surface area contributed by atoms with Crippen molar-refractivity contribution >= 4 is 52.0 Å². The number of carboxylic acid groups (broad SMARTS) is 1. The van der Waals surface area contributed by atoms with Crippen molar-refractivity contribution in [3.63, 3.8) is 0 Å². The van der Waals surface area contributed by atoms with Crippen LogP contribution in [0, 0.1) is 6.92 Å². The molecule has 5 N–H and O–H groups in total. The second kappa shape index (κ2) is 12.6. The number of anilines is 1. The summed E-state index contributed by atoms with van der Waals surface area (Å²) in [4.78, 5) is 19.1. The van der Waals surface area contributed by atoms with Crippen LogP contribution in [0.15, 0.2) is 81.1 Å². The monoisotopic (exact) mass is 531 g/mol. The van der Waals surface area contributed by atoms with Crippen molar-refractivity contribution in [2.45, 2.75) is 6.92 Å². The van der Waals surface area contributed by atoms with Gasteiger partial charge in [-0.25, -0.2) is 4.79 Å². The first-order valence-electron chi connectivity index (χ1n) is 11.2. The van der Waals surface area contributed by atoms with Crippen molar-refractivity contribution in [3.8, 4) is 23.0 Å². The molecule has 12 nitrogen and oxygen atoms in total. The number of phenols is 2. The van der Waals surface area contributed by atoms with Crippen LogP contribution in [0.5, 0.6) is 23.0 Å². The number of hydrogen-bond acceptors (Lipinski definition) is 11. The van der Waals surface area contributed by atoms with Crippen molar-refractivity contribution < 1.29 is 34.4 Å². The summed E-state index contributed by atoms with van der Waals surface area (Å²) in [6.45, 7) is 3.14. The average Bonchev–Trinajstić information content (AvgIpc) is 2.93. The maximum Gasteiger partial charge on any atom is 0.341 e. The van der Waals surface area contributed by atoms with Crippen LogP contribution in [0.2, 0.25) is 0 Å². The van der Waals surface area contributed by atoms with Crippen LogP contribution in [-0.2, 0) is 9.59 Å². The van der Waals surface area contributed by atoms with E-state index in [2.05, 4.69) is 20.5 Å². The highest BCUT2D eigenvalue weighted by atomic mass is 16.5. The van der Waals surface area contributed by atoms with Crippen LogP contribution >= 0.6 is 0 Å². The van der Waals surface area contributed by atoms with Crippen molar-refractivity contribution in [2.75, 3.05) is 19.5 Å². The average molecular weight is 532 g/mol. The minimum atomic E-state index is -1.19. The molecule has 0 aliphatic heterocycles. The smallest absolute Gasteiger partial charge is 0.341 e. The molecule has 12 heteroatoms. The van der Waals surface area contributed by atoms with Crippen molar-refractivity contribution in [1.82, 2.24) is 0 Å². The number of phenolic OH excluding ortho intramolecular Hbond substituents is 2. The molecule has 0 amide bonds. The zero-order valence-electron chi connectivity index (χ0n) is 21.0. The SMILES string of the molecule is C=O.COc1cc(N=Nc2c(C)cc3ccc(N)cc3c2O)c(OCC(=O)O)cc1N=Nc1ccc(O)cc1. The molecular weight excluding hydrogens is 506 g/mol. The van der Waals surface area contributed by atoms with E-state index >= 15 is 0 Å². The van der Waals surface area contributed by atoms with Gasteiger partial charge in [0, 0.05) is 23.2 Å². The normalized spacial score (nSPS) is 10.9. The first kappa shape index (κ1) is 28.1. The van der Waals surface area contributed by atoms with Gasteiger partial charge in [0.25, 0.3) is 0 Å². The number of fused-ring (bicyclic) bond motifs is 1. The molecule has 0 atom stereocenters.